The summed E-state index contributed by atoms with van der Waals surface area (Å²) in [6.07, 6.45) is 0.667. The quantitative estimate of drug-likeness (QED) is 0.815. The summed E-state index contributed by atoms with van der Waals surface area (Å²) in [6.45, 7) is 1.79. The first-order chi connectivity index (χ1) is 10.0. The van der Waals surface area contributed by atoms with Crippen LogP contribution in [-0.4, -0.2) is 44.8 Å². The number of rotatable bonds is 5. The summed E-state index contributed by atoms with van der Waals surface area (Å²) < 4.78 is 0. The molecule has 0 saturated carbocycles. The number of benzene rings is 1. The van der Waals surface area contributed by atoms with E-state index in [4.69, 9.17) is 0 Å². The van der Waals surface area contributed by atoms with Gasteiger partial charge in [-0.2, -0.15) is 12.6 Å². The van der Waals surface area contributed by atoms with Gasteiger partial charge in [-0.25, -0.2) is 4.79 Å². The van der Waals surface area contributed by atoms with Crippen molar-refractivity contribution in [1.82, 2.24) is 4.90 Å². The van der Waals surface area contributed by atoms with E-state index in [1.54, 1.807) is 11.8 Å². The number of carboxylic acids is 1. The first kappa shape index (κ1) is 16.2. The average Bonchev–Trinajstić information content (AvgIpc) is 2.90. The van der Waals surface area contributed by atoms with E-state index in [1.165, 1.54) is 11.8 Å². The number of carbonyl (C=O) groups is 2. The maximum Gasteiger partial charge on any atom is 0.327 e. The Bertz CT molecular complexity index is 509. The van der Waals surface area contributed by atoms with Crippen LogP contribution in [0, 0.1) is 5.92 Å². The molecule has 114 valence electrons. The molecule has 0 bridgehead atoms. The van der Waals surface area contributed by atoms with Gasteiger partial charge in [-0.1, -0.05) is 37.3 Å². The van der Waals surface area contributed by atoms with Crippen molar-refractivity contribution in [2.24, 2.45) is 5.92 Å². The van der Waals surface area contributed by atoms with Gasteiger partial charge in [-0.05, 0) is 5.56 Å². The maximum atomic E-state index is 12.5. The Hall–Kier alpha value is -1.14. The third-order valence-corrected chi connectivity index (χ3v) is 5.42. The summed E-state index contributed by atoms with van der Waals surface area (Å²) >= 11 is 5.69. The van der Waals surface area contributed by atoms with E-state index in [9.17, 15) is 14.7 Å². The van der Waals surface area contributed by atoms with Crippen molar-refractivity contribution in [3.05, 3.63) is 35.9 Å². The molecule has 4 nitrogen and oxygen atoms in total. The molecule has 1 heterocycles. The predicted molar refractivity (Wildman–Crippen MR) is 87.7 cm³/mol. The lowest BCUT2D eigenvalue weighted by molar-refractivity contribution is -0.150. The normalized spacial score (nSPS) is 23.0. The lowest BCUT2D eigenvalue weighted by Gasteiger charge is -2.29. The summed E-state index contributed by atoms with van der Waals surface area (Å²) in [5.74, 6) is -0.462. The molecule has 1 fully saturated rings. The van der Waals surface area contributed by atoms with E-state index >= 15 is 0 Å². The van der Waals surface area contributed by atoms with Crippen LogP contribution in [-0.2, 0) is 16.0 Å². The molecule has 1 amide bonds. The summed E-state index contributed by atoms with van der Waals surface area (Å²) in [5.41, 5.74) is 1.11. The minimum atomic E-state index is -0.933. The number of carbonyl (C=O) groups excluding carboxylic acids is 1. The fourth-order valence-corrected chi connectivity index (χ4v) is 3.94. The first-order valence-electron chi connectivity index (χ1n) is 6.86. The molecule has 6 heteroatoms. The number of nitrogens with zero attached hydrogens (tertiary/aromatic N) is 1. The number of aliphatic carboxylic acids is 1. The minimum Gasteiger partial charge on any atom is -0.480 e. The Kier molecular flexibility index (Phi) is 5.58. The molecule has 0 aliphatic carbocycles. The van der Waals surface area contributed by atoms with Crippen LogP contribution in [0.5, 0.6) is 0 Å². The molecule has 1 aliphatic heterocycles. The number of hydrogen-bond acceptors (Lipinski definition) is 4. The second-order valence-electron chi connectivity index (χ2n) is 5.16. The van der Waals surface area contributed by atoms with E-state index in [2.05, 4.69) is 12.6 Å². The fourth-order valence-electron chi connectivity index (χ4n) is 2.35. The summed E-state index contributed by atoms with van der Waals surface area (Å²) in [4.78, 5) is 25.4. The maximum absolute atomic E-state index is 12.5. The van der Waals surface area contributed by atoms with Crippen molar-refractivity contribution in [1.29, 1.82) is 0 Å². The molecule has 2 rings (SSSR count). The molecular weight excluding hydrogens is 306 g/mol. The standard InChI is InChI=1S/C15H19NO3S2/c1-10(8-20)14(17)16-12(15(18)19)9-21-13(16)7-11-5-3-2-4-6-11/h2-6,10,12-13,20H,7-9H2,1H3,(H,18,19)/t10-,12+,13?/m1/s1. The molecule has 1 aromatic rings. The van der Waals surface area contributed by atoms with Crippen molar-refractivity contribution >= 4 is 36.3 Å². The van der Waals surface area contributed by atoms with Crippen LogP contribution in [0.1, 0.15) is 12.5 Å². The smallest absolute Gasteiger partial charge is 0.327 e. The van der Waals surface area contributed by atoms with Crippen LogP contribution in [0.3, 0.4) is 0 Å². The molecular formula is C15H19NO3S2. The van der Waals surface area contributed by atoms with Gasteiger partial charge in [0.1, 0.15) is 6.04 Å². The van der Waals surface area contributed by atoms with E-state index in [1.807, 2.05) is 30.3 Å². The van der Waals surface area contributed by atoms with Crippen molar-refractivity contribution in [3.63, 3.8) is 0 Å². The van der Waals surface area contributed by atoms with Crippen LogP contribution < -0.4 is 0 Å². The van der Waals surface area contributed by atoms with Crippen molar-refractivity contribution in [3.8, 4) is 0 Å². The molecule has 0 aromatic heterocycles. The monoisotopic (exact) mass is 325 g/mol. The zero-order chi connectivity index (χ0) is 15.4. The number of amides is 1. The molecule has 1 aliphatic rings. The number of hydrogen-bond donors (Lipinski definition) is 2. The van der Waals surface area contributed by atoms with E-state index in [0.29, 0.717) is 17.9 Å². The summed E-state index contributed by atoms with van der Waals surface area (Å²) in [5, 5.41) is 9.22. The molecule has 1 unspecified atom stereocenters. The van der Waals surface area contributed by atoms with Crippen LogP contribution in [0.2, 0.25) is 0 Å². The van der Waals surface area contributed by atoms with Crippen molar-refractivity contribution in [2.45, 2.75) is 24.8 Å². The topological polar surface area (TPSA) is 57.6 Å². The zero-order valence-electron chi connectivity index (χ0n) is 11.8. The SMILES string of the molecule is C[C@H](CS)C(=O)N1C(Cc2ccccc2)SC[C@H]1C(=O)O. The largest absolute Gasteiger partial charge is 0.480 e. The van der Waals surface area contributed by atoms with Gasteiger partial charge in [-0.15, -0.1) is 11.8 Å². The Morgan fingerprint density at radius 2 is 2.10 bits per heavy atom. The Morgan fingerprint density at radius 1 is 1.43 bits per heavy atom. The molecule has 3 atom stereocenters. The van der Waals surface area contributed by atoms with Gasteiger partial charge in [-0.3, -0.25) is 4.79 Å². The lowest BCUT2D eigenvalue weighted by atomic mass is 10.1. The van der Waals surface area contributed by atoms with E-state index in [0.717, 1.165) is 5.56 Å². The Labute approximate surface area is 134 Å². The summed E-state index contributed by atoms with van der Waals surface area (Å²) in [7, 11) is 0. The molecule has 0 radical (unpaired) electrons. The number of thioether (sulfide) groups is 1. The highest BCUT2D eigenvalue weighted by Gasteiger charge is 2.42. The van der Waals surface area contributed by atoms with E-state index in [-0.39, 0.29) is 17.2 Å². The molecule has 1 aromatic carbocycles. The lowest BCUT2D eigenvalue weighted by Crippen LogP contribution is -2.48. The van der Waals surface area contributed by atoms with Crippen LogP contribution in [0.15, 0.2) is 30.3 Å². The third-order valence-electron chi connectivity index (χ3n) is 3.58. The number of carboxylic acid groups (broad SMARTS) is 1. The highest BCUT2D eigenvalue weighted by molar-refractivity contribution is 8.00. The fraction of sp³-hybridized carbons (Fsp3) is 0.467. The Balaban J connectivity index is 2.19. The van der Waals surface area contributed by atoms with Gasteiger partial charge in [0.2, 0.25) is 5.91 Å². The van der Waals surface area contributed by atoms with Gasteiger partial charge in [0.25, 0.3) is 0 Å². The van der Waals surface area contributed by atoms with Gasteiger partial charge in [0.05, 0.1) is 5.37 Å². The number of thiol groups is 1. The van der Waals surface area contributed by atoms with Gasteiger partial charge in [0, 0.05) is 23.8 Å². The van der Waals surface area contributed by atoms with Crippen LogP contribution in [0.4, 0.5) is 0 Å². The van der Waals surface area contributed by atoms with Crippen LogP contribution in [0.25, 0.3) is 0 Å². The van der Waals surface area contributed by atoms with Crippen molar-refractivity contribution < 1.29 is 14.7 Å². The van der Waals surface area contributed by atoms with Gasteiger partial charge < -0.3 is 10.0 Å². The molecule has 1 N–H and O–H groups in total. The van der Waals surface area contributed by atoms with Crippen molar-refractivity contribution in [2.75, 3.05) is 11.5 Å². The summed E-state index contributed by atoms with van der Waals surface area (Å²) in [6, 6.07) is 9.10. The van der Waals surface area contributed by atoms with Crippen LogP contribution >= 0.6 is 24.4 Å². The second kappa shape index (κ2) is 7.22. The van der Waals surface area contributed by atoms with E-state index < -0.39 is 12.0 Å². The van der Waals surface area contributed by atoms with Gasteiger partial charge >= 0.3 is 5.97 Å². The zero-order valence-corrected chi connectivity index (χ0v) is 13.5. The first-order valence-corrected chi connectivity index (χ1v) is 8.54. The highest BCUT2D eigenvalue weighted by Crippen LogP contribution is 2.33. The predicted octanol–water partition coefficient (Wildman–Crippen LogP) is 2.15. The molecule has 21 heavy (non-hydrogen) atoms. The molecule has 0 spiro atoms. The van der Waals surface area contributed by atoms with Gasteiger partial charge in [0.15, 0.2) is 0 Å². The minimum absolute atomic E-state index is 0.122. The highest BCUT2D eigenvalue weighted by atomic mass is 32.2. The third kappa shape index (κ3) is 3.74. The Morgan fingerprint density at radius 3 is 2.67 bits per heavy atom. The second-order valence-corrected chi connectivity index (χ2v) is 6.74. The average molecular weight is 325 g/mol. The molecule has 1 saturated heterocycles.